The van der Waals surface area contributed by atoms with Crippen molar-refractivity contribution in [1.29, 1.82) is 0 Å². The van der Waals surface area contributed by atoms with E-state index in [4.69, 9.17) is 9.47 Å². The molecule has 0 saturated carbocycles. The Bertz CT molecular complexity index is 332. The lowest BCUT2D eigenvalue weighted by Crippen LogP contribution is -2.01. The van der Waals surface area contributed by atoms with Gasteiger partial charge in [0.25, 0.3) is 0 Å². The Morgan fingerprint density at radius 1 is 1.40 bits per heavy atom. The molecule has 0 radical (unpaired) electrons. The summed E-state index contributed by atoms with van der Waals surface area (Å²) < 4.78 is 10.1. The summed E-state index contributed by atoms with van der Waals surface area (Å²) in [4.78, 5) is 10.8. The van der Waals surface area contributed by atoms with Crippen LogP contribution in [0.1, 0.15) is 35.7 Å². The number of hydrogen-bond acceptors (Lipinski definition) is 3. The van der Waals surface area contributed by atoms with Crippen molar-refractivity contribution in [3.05, 3.63) is 29.3 Å². The van der Waals surface area contributed by atoms with Crippen molar-refractivity contribution >= 4 is 6.29 Å². The molecule has 0 saturated heterocycles. The fraction of sp³-hybridized carbons (Fsp3) is 0.417. The second-order valence-corrected chi connectivity index (χ2v) is 3.61. The third-order valence-corrected chi connectivity index (χ3v) is 2.15. The van der Waals surface area contributed by atoms with Crippen molar-refractivity contribution in [2.24, 2.45) is 0 Å². The van der Waals surface area contributed by atoms with Crippen molar-refractivity contribution < 1.29 is 14.3 Å². The van der Waals surface area contributed by atoms with Gasteiger partial charge in [0.05, 0.1) is 0 Å². The number of aldehydes is 1. The average Bonchev–Trinajstić information content (AvgIpc) is 2.25. The molecule has 0 atom stereocenters. The molecule has 15 heavy (non-hydrogen) atoms. The Hall–Kier alpha value is -1.35. The lowest BCUT2D eigenvalue weighted by molar-refractivity contribution is 0.0510. The smallest absolute Gasteiger partial charge is 0.188 e. The van der Waals surface area contributed by atoms with Gasteiger partial charge in [-0.15, -0.1) is 0 Å². The fourth-order valence-corrected chi connectivity index (χ4v) is 1.38. The summed E-state index contributed by atoms with van der Waals surface area (Å²) in [7, 11) is 1.57. The number of methoxy groups -OCH3 is 1. The summed E-state index contributed by atoms with van der Waals surface area (Å²) in [6.07, 6.45) is 0.870. The van der Waals surface area contributed by atoms with E-state index in [0.29, 0.717) is 5.92 Å². The van der Waals surface area contributed by atoms with Gasteiger partial charge in [-0.1, -0.05) is 13.8 Å². The number of carbonyl (C=O) groups is 1. The Balaban J connectivity index is 2.94. The maximum Gasteiger partial charge on any atom is 0.188 e. The van der Waals surface area contributed by atoms with Crippen LogP contribution in [0, 0.1) is 0 Å². The molecule has 82 valence electrons. The number of hydrogen-bond donors (Lipinski definition) is 0. The van der Waals surface area contributed by atoms with Gasteiger partial charge < -0.3 is 9.47 Å². The zero-order chi connectivity index (χ0) is 11.3. The quantitative estimate of drug-likeness (QED) is 0.551. The van der Waals surface area contributed by atoms with E-state index >= 15 is 0 Å². The molecule has 3 nitrogen and oxygen atoms in total. The average molecular weight is 208 g/mol. The van der Waals surface area contributed by atoms with Gasteiger partial charge in [0, 0.05) is 12.7 Å². The van der Waals surface area contributed by atoms with E-state index in [-0.39, 0.29) is 6.79 Å². The number of carbonyl (C=O) groups excluding carboxylic acids is 1. The maximum absolute atomic E-state index is 10.8. The van der Waals surface area contributed by atoms with Gasteiger partial charge in [-0.3, -0.25) is 4.79 Å². The van der Waals surface area contributed by atoms with E-state index in [1.54, 1.807) is 19.2 Å². The summed E-state index contributed by atoms with van der Waals surface area (Å²) in [6, 6.07) is 5.43. The third-order valence-electron chi connectivity index (χ3n) is 2.15. The highest BCUT2D eigenvalue weighted by molar-refractivity contribution is 5.78. The minimum atomic E-state index is 0.220. The van der Waals surface area contributed by atoms with Crippen LogP contribution in [0.4, 0.5) is 0 Å². The predicted octanol–water partition coefficient (Wildman–Crippen LogP) is 2.61. The summed E-state index contributed by atoms with van der Waals surface area (Å²) in [5, 5.41) is 0. The minimum Gasteiger partial charge on any atom is -0.468 e. The van der Waals surface area contributed by atoms with Crippen LogP contribution in [-0.2, 0) is 4.74 Å². The number of ether oxygens (including phenoxy) is 2. The van der Waals surface area contributed by atoms with Crippen LogP contribution < -0.4 is 4.74 Å². The van der Waals surface area contributed by atoms with E-state index in [1.165, 1.54) is 0 Å². The molecular weight excluding hydrogens is 192 g/mol. The van der Waals surface area contributed by atoms with Gasteiger partial charge >= 0.3 is 0 Å². The van der Waals surface area contributed by atoms with Crippen LogP contribution in [0.25, 0.3) is 0 Å². The SMILES string of the molecule is COCOc1ccc(C=O)c(C(C)C)c1. The molecule has 0 unspecified atom stereocenters. The topological polar surface area (TPSA) is 35.5 Å². The molecule has 0 aromatic heterocycles. The first-order chi connectivity index (χ1) is 7.19. The Morgan fingerprint density at radius 2 is 2.13 bits per heavy atom. The fourth-order valence-electron chi connectivity index (χ4n) is 1.38. The highest BCUT2D eigenvalue weighted by Gasteiger charge is 2.07. The zero-order valence-electron chi connectivity index (χ0n) is 9.32. The van der Waals surface area contributed by atoms with Crippen LogP contribution >= 0.6 is 0 Å². The Labute approximate surface area is 90.0 Å². The highest BCUT2D eigenvalue weighted by atomic mass is 16.7. The van der Waals surface area contributed by atoms with Crippen LogP contribution in [0.15, 0.2) is 18.2 Å². The summed E-state index contributed by atoms with van der Waals surface area (Å²) >= 11 is 0. The predicted molar refractivity (Wildman–Crippen MR) is 58.4 cm³/mol. The molecule has 0 amide bonds. The van der Waals surface area contributed by atoms with Gasteiger partial charge in [0.15, 0.2) is 6.79 Å². The summed E-state index contributed by atoms with van der Waals surface area (Å²) in [5.74, 6) is 1.03. The van der Waals surface area contributed by atoms with E-state index in [9.17, 15) is 4.79 Å². The van der Waals surface area contributed by atoms with Gasteiger partial charge in [-0.2, -0.15) is 0 Å². The largest absolute Gasteiger partial charge is 0.468 e. The molecule has 3 heteroatoms. The summed E-state index contributed by atoms with van der Waals surface area (Å²) in [5.41, 5.74) is 1.72. The van der Waals surface area contributed by atoms with Crippen molar-refractivity contribution in [1.82, 2.24) is 0 Å². The zero-order valence-corrected chi connectivity index (χ0v) is 9.32. The van der Waals surface area contributed by atoms with E-state index < -0.39 is 0 Å². The molecule has 1 aromatic rings. The van der Waals surface area contributed by atoms with Gasteiger partial charge in [-0.05, 0) is 29.7 Å². The molecule has 0 bridgehead atoms. The lowest BCUT2D eigenvalue weighted by Gasteiger charge is -2.11. The molecular formula is C12H16O3. The monoisotopic (exact) mass is 208 g/mol. The first-order valence-electron chi connectivity index (χ1n) is 4.90. The van der Waals surface area contributed by atoms with Crippen LogP contribution in [0.2, 0.25) is 0 Å². The second-order valence-electron chi connectivity index (χ2n) is 3.61. The van der Waals surface area contributed by atoms with Crippen molar-refractivity contribution in [3.63, 3.8) is 0 Å². The Morgan fingerprint density at radius 3 is 2.67 bits per heavy atom. The maximum atomic E-state index is 10.8. The highest BCUT2D eigenvalue weighted by Crippen LogP contribution is 2.23. The van der Waals surface area contributed by atoms with Crippen LogP contribution in [0.5, 0.6) is 5.75 Å². The van der Waals surface area contributed by atoms with E-state index in [1.807, 2.05) is 19.9 Å². The van der Waals surface area contributed by atoms with Crippen molar-refractivity contribution in [2.75, 3.05) is 13.9 Å². The number of rotatable bonds is 5. The number of benzene rings is 1. The molecule has 0 heterocycles. The van der Waals surface area contributed by atoms with Crippen molar-refractivity contribution in [3.8, 4) is 5.75 Å². The second kappa shape index (κ2) is 5.51. The van der Waals surface area contributed by atoms with Crippen molar-refractivity contribution in [2.45, 2.75) is 19.8 Å². The third kappa shape index (κ3) is 3.06. The van der Waals surface area contributed by atoms with E-state index in [0.717, 1.165) is 23.2 Å². The van der Waals surface area contributed by atoms with Gasteiger partial charge in [0.1, 0.15) is 12.0 Å². The first-order valence-corrected chi connectivity index (χ1v) is 4.90. The molecule has 0 fully saturated rings. The molecule has 0 N–H and O–H groups in total. The standard InChI is InChI=1S/C12H16O3/c1-9(2)12-6-11(15-8-14-3)5-4-10(12)7-13/h4-7,9H,8H2,1-3H3. The van der Waals surface area contributed by atoms with Gasteiger partial charge in [-0.25, -0.2) is 0 Å². The van der Waals surface area contributed by atoms with Crippen LogP contribution in [-0.4, -0.2) is 20.2 Å². The molecule has 1 rings (SSSR count). The van der Waals surface area contributed by atoms with E-state index in [2.05, 4.69) is 0 Å². The molecule has 0 aliphatic heterocycles. The van der Waals surface area contributed by atoms with Crippen LogP contribution in [0.3, 0.4) is 0 Å². The molecule has 0 aliphatic carbocycles. The first kappa shape index (κ1) is 11.7. The summed E-state index contributed by atoms with van der Waals surface area (Å²) in [6.45, 7) is 4.31. The molecule has 0 spiro atoms. The lowest BCUT2D eigenvalue weighted by atomic mass is 9.98. The van der Waals surface area contributed by atoms with Gasteiger partial charge in [0.2, 0.25) is 0 Å². The Kier molecular flexibility index (Phi) is 4.31. The normalized spacial score (nSPS) is 10.4. The minimum absolute atomic E-state index is 0.220. The molecule has 1 aromatic carbocycles. The molecule has 0 aliphatic rings.